The van der Waals surface area contributed by atoms with Gasteiger partial charge in [-0.1, -0.05) is 0 Å². The SMILES string of the molecule is N.N.OB(O)O.OB(O)O.OB([OH2+])[OH2+].[O-]B([O-])O. The molecule has 18 heteroatoms. The first kappa shape index (κ1) is 36.1. The summed E-state index contributed by atoms with van der Waals surface area (Å²) in [5, 5.41) is 86.0. The molecule has 0 radical (unpaired) electrons. The molecule has 0 bridgehead atoms. The van der Waals surface area contributed by atoms with E-state index < -0.39 is 29.3 Å². The number of hydrogen-bond acceptors (Lipinski definition) is 12. The van der Waals surface area contributed by atoms with Crippen LogP contribution in [0.1, 0.15) is 0 Å². The van der Waals surface area contributed by atoms with Crippen LogP contribution in [0.15, 0.2) is 0 Å². The number of rotatable bonds is 0. The lowest BCUT2D eigenvalue weighted by molar-refractivity contribution is -0.376. The summed E-state index contributed by atoms with van der Waals surface area (Å²) in [5.74, 6) is 0. The predicted molar refractivity (Wildman–Crippen MR) is 58.0 cm³/mol. The van der Waals surface area contributed by atoms with Crippen molar-refractivity contribution in [3.8, 4) is 0 Å². The fraction of sp³-hybridized carbons (Fsp3) is 0. The lowest BCUT2D eigenvalue weighted by Gasteiger charge is -2.13. The van der Waals surface area contributed by atoms with Gasteiger partial charge in [0.1, 0.15) is 0 Å². The largest absolute Gasteiger partial charge is 1.12 e. The van der Waals surface area contributed by atoms with Crippen molar-refractivity contribution in [1.82, 2.24) is 12.3 Å². The van der Waals surface area contributed by atoms with E-state index in [2.05, 4.69) is 0 Å². The summed E-state index contributed by atoms with van der Waals surface area (Å²) in [6, 6.07) is 0. The zero-order chi connectivity index (χ0) is 14.3. The van der Waals surface area contributed by atoms with E-state index in [1.54, 1.807) is 0 Å². The first-order chi connectivity index (χ1) is 6.93. The third kappa shape index (κ3) is 37600. The molecular formula is H18B4N2O12. The molecule has 0 saturated heterocycles. The lowest BCUT2D eigenvalue weighted by Crippen LogP contribution is -2.44. The average molecular weight is 281 g/mol. The molecule has 0 aliphatic heterocycles. The van der Waals surface area contributed by atoms with Gasteiger partial charge in [0.25, 0.3) is 0 Å². The standard InChI is InChI=1S/3BH3O3.BHO3.2H3N/c4*2-1(3)4;;/h3*2-4H;2H;2*1H3/q;;;-2;;/p+2. The van der Waals surface area contributed by atoms with Crippen molar-refractivity contribution >= 4 is 29.3 Å². The molecule has 0 unspecified atom stereocenters. The normalized spacial score (nSPS) is 6.00. The van der Waals surface area contributed by atoms with E-state index in [-0.39, 0.29) is 12.3 Å². The van der Waals surface area contributed by atoms with Gasteiger partial charge in [0, 0.05) is 0 Å². The fourth-order valence-electron chi connectivity index (χ4n) is 0. The third-order valence-corrected chi connectivity index (χ3v) is 0. The highest BCUT2D eigenvalue weighted by molar-refractivity contribution is 6.31. The summed E-state index contributed by atoms with van der Waals surface area (Å²) < 4.78 is 0. The second-order valence-corrected chi connectivity index (χ2v) is 1.40. The van der Waals surface area contributed by atoms with Crippen LogP contribution in [0.25, 0.3) is 0 Å². The van der Waals surface area contributed by atoms with E-state index in [0.29, 0.717) is 0 Å². The van der Waals surface area contributed by atoms with Gasteiger partial charge in [0.15, 0.2) is 0 Å². The van der Waals surface area contributed by atoms with E-state index in [1.807, 2.05) is 0 Å². The van der Waals surface area contributed by atoms with Gasteiger partial charge in [-0.05, 0) is 0 Å². The molecule has 0 heterocycles. The van der Waals surface area contributed by atoms with Crippen molar-refractivity contribution in [3.05, 3.63) is 0 Å². The van der Waals surface area contributed by atoms with E-state index in [9.17, 15) is 0 Å². The molecule has 0 spiro atoms. The minimum absolute atomic E-state index is 0. The van der Waals surface area contributed by atoms with Crippen LogP contribution in [-0.4, -0.2) is 79.5 Å². The summed E-state index contributed by atoms with van der Waals surface area (Å²) >= 11 is 0. The monoisotopic (exact) mass is 282 g/mol. The maximum atomic E-state index is 8.53. The molecule has 0 aromatic rings. The highest BCUT2D eigenvalue weighted by Crippen LogP contribution is 1.41. The van der Waals surface area contributed by atoms with Crippen LogP contribution in [0, 0.1) is 0 Å². The van der Waals surface area contributed by atoms with Crippen LogP contribution < -0.4 is 22.3 Å². The molecule has 0 saturated carbocycles. The highest BCUT2D eigenvalue weighted by Gasteiger charge is 2.25. The molecule has 0 aliphatic carbocycles. The van der Waals surface area contributed by atoms with E-state index in [4.69, 9.17) is 60.3 Å². The lowest BCUT2D eigenvalue weighted by atomic mass is 10.3. The predicted octanol–water partition coefficient (Wildman–Crippen LogP) is -9.68. The van der Waals surface area contributed by atoms with Crippen molar-refractivity contribution in [2.24, 2.45) is 0 Å². The van der Waals surface area contributed by atoms with Crippen LogP contribution in [0.3, 0.4) is 0 Å². The highest BCUT2D eigenvalue weighted by atomic mass is 16.5. The maximum Gasteiger partial charge on any atom is 1.12 e. The Kier molecular flexibility index (Phi) is 60.2. The molecule has 0 atom stereocenters. The summed E-state index contributed by atoms with van der Waals surface area (Å²) in [7, 11) is -8.67. The minimum Gasteiger partial charge on any atom is -0.871 e. The average Bonchev–Trinajstić information content (AvgIpc) is 1.76. The summed E-state index contributed by atoms with van der Waals surface area (Å²) in [4.78, 5) is 0. The minimum atomic E-state index is -2.67. The molecule has 18 heavy (non-hydrogen) atoms. The zero-order valence-electron chi connectivity index (χ0n) is 9.12. The first-order valence-electron chi connectivity index (χ1n) is 3.11. The number of hydrogen-bond donors (Lipinski definition) is 10. The van der Waals surface area contributed by atoms with Gasteiger partial charge < -0.3 is 67.6 Å². The van der Waals surface area contributed by atoms with Gasteiger partial charge in [0.05, 0.1) is 7.32 Å². The van der Waals surface area contributed by atoms with Crippen LogP contribution >= 0.6 is 0 Å². The van der Waals surface area contributed by atoms with Crippen molar-refractivity contribution in [2.45, 2.75) is 0 Å². The Labute approximate surface area is 103 Å². The van der Waals surface area contributed by atoms with Gasteiger partial charge >= 0.3 is 22.0 Å². The summed E-state index contributed by atoms with van der Waals surface area (Å²) in [6.07, 6.45) is 0. The summed E-state index contributed by atoms with van der Waals surface area (Å²) in [6.45, 7) is 0. The van der Waals surface area contributed by atoms with Gasteiger partial charge in [-0.2, -0.15) is 0 Å². The molecule has 0 fully saturated rings. The second kappa shape index (κ2) is 30.1. The topological polar surface area (TPSA) is 324 Å². The molecule has 0 amide bonds. The smallest absolute Gasteiger partial charge is 0.871 e. The summed E-state index contributed by atoms with van der Waals surface area (Å²) in [5.41, 5.74) is 0. The quantitative estimate of drug-likeness (QED) is 0.146. The Morgan fingerprint density at radius 3 is 0.611 bits per heavy atom. The zero-order valence-corrected chi connectivity index (χ0v) is 9.12. The molecule has 0 aliphatic rings. The van der Waals surface area contributed by atoms with Crippen LogP contribution in [-0.2, 0) is 0 Å². The van der Waals surface area contributed by atoms with Crippen LogP contribution in [0.2, 0.25) is 0 Å². The van der Waals surface area contributed by atoms with Gasteiger partial charge in [-0.25, -0.2) is 0 Å². The Bertz CT molecular complexity index is 65.1. The Morgan fingerprint density at radius 2 is 0.611 bits per heavy atom. The maximum absolute atomic E-state index is 8.53. The van der Waals surface area contributed by atoms with Crippen molar-refractivity contribution in [1.29, 1.82) is 0 Å². The van der Waals surface area contributed by atoms with Crippen LogP contribution in [0.4, 0.5) is 0 Å². The van der Waals surface area contributed by atoms with E-state index >= 15 is 0 Å². The van der Waals surface area contributed by atoms with Gasteiger partial charge in [-0.15, -0.1) is 0 Å². The molecule has 0 aromatic heterocycles. The second-order valence-electron chi connectivity index (χ2n) is 1.40. The fourth-order valence-corrected chi connectivity index (χ4v) is 0. The van der Waals surface area contributed by atoms with Gasteiger partial charge in [-0.3, -0.25) is 5.02 Å². The van der Waals surface area contributed by atoms with Crippen molar-refractivity contribution < 1.29 is 60.3 Å². The van der Waals surface area contributed by atoms with Crippen LogP contribution in [0.5, 0.6) is 0 Å². The Balaban J connectivity index is -0.0000000257. The van der Waals surface area contributed by atoms with E-state index in [1.165, 1.54) is 0 Å². The molecule has 18 N–H and O–H groups in total. The first-order valence-corrected chi connectivity index (χ1v) is 3.11. The Morgan fingerprint density at radius 1 is 0.611 bits per heavy atom. The van der Waals surface area contributed by atoms with Crippen molar-refractivity contribution in [3.63, 3.8) is 0 Å². The van der Waals surface area contributed by atoms with Gasteiger partial charge in [0.2, 0.25) is 0 Å². The molecule has 0 rings (SSSR count). The van der Waals surface area contributed by atoms with Crippen molar-refractivity contribution in [2.75, 3.05) is 0 Å². The Hall–Kier alpha value is -0.300. The van der Waals surface area contributed by atoms with E-state index in [0.717, 1.165) is 0 Å². The molecule has 0 aromatic carbocycles. The third-order valence-electron chi connectivity index (χ3n) is 0. The molecule has 14 nitrogen and oxygen atoms in total. The molecule has 112 valence electrons. The molecular weight excluding hydrogens is 263 g/mol.